The number of carbonyl (C=O) groups is 2. The van der Waals surface area contributed by atoms with E-state index in [0.717, 1.165) is 18.4 Å². The molecule has 0 heterocycles. The number of carboxylic acid groups (broad SMARTS) is 1. The fourth-order valence-electron chi connectivity index (χ4n) is 2.55. The van der Waals surface area contributed by atoms with Crippen molar-refractivity contribution in [1.82, 2.24) is 5.32 Å². The van der Waals surface area contributed by atoms with E-state index in [1.807, 2.05) is 36.4 Å². The van der Waals surface area contributed by atoms with Gasteiger partial charge in [0.2, 0.25) is 5.91 Å². The van der Waals surface area contributed by atoms with Gasteiger partial charge < -0.3 is 19.9 Å². The fraction of sp³-hybridized carbons (Fsp3) is 0.333. The number of methoxy groups -OCH3 is 1. The van der Waals surface area contributed by atoms with Crippen LogP contribution in [-0.4, -0.2) is 30.7 Å². The number of amides is 1. The van der Waals surface area contributed by atoms with E-state index in [1.54, 1.807) is 7.11 Å². The van der Waals surface area contributed by atoms with Gasteiger partial charge in [-0.1, -0.05) is 36.4 Å². The molecule has 0 saturated carbocycles. The lowest BCUT2D eigenvalue weighted by Gasteiger charge is -2.13. The minimum atomic E-state index is -0.986. The van der Waals surface area contributed by atoms with E-state index in [2.05, 4.69) is 17.4 Å². The quantitative estimate of drug-likeness (QED) is 0.593. The van der Waals surface area contributed by atoms with E-state index in [-0.39, 0.29) is 18.7 Å². The first kappa shape index (κ1) is 20.3. The summed E-state index contributed by atoms with van der Waals surface area (Å²) < 4.78 is 11.2. The van der Waals surface area contributed by atoms with Crippen LogP contribution in [0.1, 0.15) is 30.4 Å². The van der Waals surface area contributed by atoms with Crippen LogP contribution in [-0.2, 0) is 22.6 Å². The summed E-state index contributed by atoms with van der Waals surface area (Å²) in [5, 5.41) is 11.3. The van der Waals surface area contributed by atoms with Crippen molar-refractivity contribution in [3.05, 3.63) is 59.7 Å². The predicted octanol–water partition coefficient (Wildman–Crippen LogP) is 3.19. The number of hydrogen-bond acceptors (Lipinski definition) is 4. The molecule has 2 aromatic rings. The van der Waals surface area contributed by atoms with Gasteiger partial charge in [-0.3, -0.25) is 9.59 Å². The van der Waals surface area contributed by atoms with Crippen molar-refractivity contribution in [2.24, 2.45) is 0 Å². The van der Waals surface area contributed by atoms with Crippen molar-refractivity contribution in [3.63, 3.8) is 0 Å². The Morgan fingerprint density at radius 3 is 2.48 bits per heavy atom. The Labute approximate surface area is 159 Å². The zero-order chi connectivity index (χ0) is 19.5. The summed E-state index contributed by atoms with van der Waals surface area (Å²) in [6.07, 6.45) is 1.64. The van der Waals surface area contributed by atoms with Crippen molar-refractivity contribution in [2.45, 2.75) is 32.2 Å². The van der Waals surface area contributed by atoms with Gasteiger partial charge in [0.15, 0.2) is 11.5 Å². The Balaban J connectivity index is 1.80. The molecule has 1 amide bonds. The highest BCUT2D eigenvalue weighted by Gasteiger charge is 2.08. The maximum absolute atomic E-state index is 11.6. The maximum Gasteiger partial charge on any atom is 0.303 e. The summed E-state index contributed by atoms with van der Waals surface area (Å²) in [7, 11) is 1.57. The first-order chi connectivity index (χ1) is 13.1. The second-order valence-corrected chi connectivity index (χ2v) is 6.09. The summed E-state index contributed by atoms with van der Waals surface area (Å²) in [5.41, 5.74) is 2.13. The third kappa shape index (κ3) is 7.40. The van der Waals surface area contributed by atoms with E-state index in [9.17, 15) is 9.59 Å². The van der Waals surface area contributed by atoms with E-state index in [0.29, 0.717) is 24.7 Å². The van der Waals surface area contributed by atoms with Crippen LogP contribution in [0.2, 0.25) is 0 Å². The number of ether oxygens (including phenoxy) is 2. The maximum atomic E-state index is 11.6. The molecule has 144 valence electrons. The molecule has 0 radical (unpaired) electrons. The van der Waals surface area contributed by atoms with Gasteiger partial charge in [0.05, 0.1) is 20.1 Å². The Hall–Kier alpha value is -3.02. The number of carboxylic acids is 1. The number of aliphatic carboxylic acids is 1. The van der Waals surface area contributed by atoms with Crippen molar-refractivity contribution in [3.8, 4) is 11.5 Å². The molecule has 6 heteroatoms. The Bertz CT molecular complexity index is 745. The second kappa shape index (κ2) is 10.9. The molecule has 0 spiro atoms. The molecule has 27 heavy (non-hydrogen) atoms. The molecule has 0 aliphatic heterocycles. The minimum absolute atomic E-state index is 0.0327. The minimum Gasteiger partial charge on any atom is -0.493 e. The highest BCUT2D eigenvalue weighted by atomic mass is 16.5. The van der Waals surface area contributed by atoms with Gasteiger partial charge in [0, 0.05) is 13.0 Å². The smallest absolute Gasteiger partial charge is 0.303 e. The SMILES string of the molecule is COc1cc(CNC(=O)CCC(=O)O)ccc1OCCCc1ccccc1. The number of benzene rings is 2. The zero-order valence-electron chi connectivity index (χ0n) is 15.4. The Kier molecular flexibility index (Phi) is 8.16. The Morgan fingerprint density at radius 1 is 1.00 bits per heavy atom. The van der Waals surface area contributed by atoms with Gasteiger partial charge in [-0.2, -0.15) is 0 Å². The molecule has 0 fully saturated rings. The molecule has 0 atom stereocenters. The third-order valence-electron chi connectivity index (χ3n) is 3.99. The molecule has 0 aliphatic carbocycles. The molecule has 0 saturated heterocycles. The van der Waals surface area contributed by atoms with Crippen LogP contribution in [0.25, 0.3) is 0 Å². The number of nitrogens with one attached hydrogen (secondary N) is 1. The molecule has 0 aliphatic rings. The number of carbonyl (C=O) groups excluding carboxylic acids is 1. The molecule has 2 aromatic carbocycles. The molecule has 6 nitrogen and oxygen atoms in total. The van der Waals surface area contributed by atoms with E-state index < -0.39 is 5.97 Å². The van der Waals surface area contributed by atoms with Gasteiger partial charge >= 0.3 is 5.97 Å². The summed E-state index contributed by atoms with van der Waals surface area (Å²) in [6, 6.07) is 15.7. The first-order valence-corrected chi connectivity index (χ1v) is 8.90. The summed E-state index contributed by atoms with van der Waals surface area (Å²) in [4.78, 5) is 22.1. The van der Waals surface area contributed by atoms with Crippen LogP contribution in [0.5, 0.6) is 11.5 Å². The number of aryl methyl sites for hydroxylation is 1. The zero-order valence-corrected chi connectivity index (χ0v) is 15.4. The van der Waals surface area contributed by atoms with Crippen LogP contribution in [0.3, 0.4) is 0 Å². The third-order valence-corrected chi connectivity index (χ3v) is 3.99. The topological polar surface area (TPSA) is 84.9 Å². The van der Waals surface area contributed by atoms with Gasteiger partial charge in [-0.05, 0) is 36.1 Å². The highest BCUT2D eigenvalue weighted by molar-refractivity contribution is 5.80. The van der Waals surface area contributed by atoms with Gasteiger partial charge in [-0.15, -0.1) is 0 Å². The van der Waals surface area contributed by atoms with E-state index in [1.165, 1.54) is 5.56 Å². The van der Waals surface area contributed by atoms with Crippen LogP contribution < -0.4 is 14.8 Å². The van der Waals surface area contributed by atoms with Crippen LogP contribution in [0.4, 0.5) is 0 Å². The molecular weight excluding hydrogens is 346 g/mol. The van der Waals surface area contributed by atoms with E-state index in [4.69, 9.17) is 14.6 Å². The van der Waals surface area contributed by atoms with Crippen LogP contribution >= 0.6 is 0 Å². The fourth-order valence-corrected chi connectivity index (χ4v) is 2.55. The average molecular weight is 371 g/mol. The lowest BCUT2D eigenvalue weighted by atomic mass is 10.1. The lowest BCUT2D eigenvalue weighted by molar-refractivity contribution is -0.138. The van der Waals surface area contributed by atoms with Gasteiger partial charge in [0.25, 0.3) is 0 Å². The normalized spacial score (nSPS) is 10.3. The average Bonchev–Trinajstić information content (AvgIpc) is 2.69. The predicted molar refractivity (Wildman–Crippen MR) is 102 cm³/mol. The highest BCUT2D eigenvalue weighted by Crippen LogP contribution is 2.28. The number of hydrogen-bond donors (Lipinski definition) is 2. The molecule has 0 bridgehead atoms. The molecule has 0 unspecified atom stereocenters. The van der Waals surface area contributed by atoms with Gasteiger partial charge in [0.1, 0.15) is 0 Å². The van der Waals surface area contributed by atoms with Crippen LogP contribution in [0.15, 0.2) is 48.5 Å². The summed E-state index contributed by atoms with van der Waals surface area (Å²) in [6.45, 7) is 0.889. The lowest BCUT2D eigenvalue weighted by Crippen LogP contribution is -2.23. The number of rotatable bonds is 11. The molecule has 0 aromatic heterocycles. The molecule has 2 rings (SSSR count). The largest absolute Gasteiger partial charge is 0.493 e. The Morgan fingerprint density at radius 2 is 1.78 bits per heavy atom. The summed E-state index contributed by atoms with van der Waals surface area (Å²) >= 11 is 0. The van der Waals surface area contributed by atoms with Crippen molar-refractivity contribution >= 4 is 11.9 Å². The second-order valence-electron chi connectivity index (χ2n) is 6.09. The van der Waals surface area contributed by atoms with Crippen molar-refractivity contribution < 1.29 is 24.2 Å². The standard InChI is InChI=1S/C21H25NO5/c1-26-19-14-17(15-22-20(23)11-12-21(24)25)9-10-18(19)27-13-5-8-16-6-3-2-4-7-16/h2-4,6-7,9-10,14H,5,8,11-13,15H2,1H3,(H,22,23)(H,24,25). The van der Waals surface area contributed by atoms with Crippen molar-refractivity contribution in [2.75, 3.05) is 13.7 Å². The molecule has 2 N–H and O–H groups in total. The first-order valence-electron chi connectivity index (χ1n) is 8.90. The van der Waals surface area contributed by atoms with Crippen LogP contribution in [0, 0.1) is 0 Å². The van der Waals surface area contributed by atoms with Crippen molar-refractivity contribution in [1.29, 1.82) is 0 Å². The molecular formula is C21H25NO5. The van der Waals surface area contributed by atoms with E-state index >= 15 is 0 Å². The van der Waals surface area contributed by atoms with Gasteiger partial charge in [-0.25, -0.2) is 0 Å². The monoisotopic (exact) mass is 371 g/mol. The summed E-state index contributed by atoms with van der Waals surface area (Å²) in [5.74, 6) is -0.0169.